The Labute approximate surface area is 294 Å². The summed E-state index contributed by atoms with van der Waals surface area (Å²) >= 11 is 0. The van der Waals surface area contributed by atoms with E-state index in [0.717, 1.165) is 0 Å². The lowest BCUT2D eigenvalue weighted by Gasteiger charge is -2.27. The van der Waals surface area contributed by atoms with E-state index in [2.05, 4.69) is 26.6 Å². The number of amides is 7. The molecule has 290 valence electrons. The van der Waals surface area contributed by atoms with Crippen LogP contribution in [0.15, 0.2) is 0 Å². The van der Waals surface area contributed by atoms with Gasteiger partial charge in [-0.3, -0.25) is 38.4 Å². The molecule has 0 rings (SSSR count). The molecule has 21 heteroatoms. The quantitative estimate of drug-likeness (QED) is 0.0443. The van der Waals surface area contributed by atoms with E-state index in [1.165, 1.54) is 6.92 Å². The summed E-state index contributed by atoms with van der Waals surface area (Å²) < 4.78 is 0. The monoisotopic (exact) mass is 732 g/mol. The number of carbonyl (C=O) groups excluding carboxylic acids is 7. The van der Waals surface area contributed by atoms with Gasteiger partial charge in [-0.15, -0.1) is 0 Å². The van der Waals surface area contributed by atoms with Crippen LogP contribution in [0.3, 0.4) is 0 Å². The van der Waals surface area contributed by atoms with E-state index in [-0.39, 0.29) is 18.3 Å². The normalized spacial score (nSPS) is 15.2. The minimum Gasteiger partial charge on any atom is -0.481 e. The van der Waals surface area contributed by atoms with E-state index >= 15 is 0 Å². The first kappa shape index (κ1) is 46.1. The summed E-state index contributed by atoms with van der Waals surface area (Å²) in [6.45, 7) is 6.34. The van der Waals surface area contributed by atoms with Crippen LogP contribution >= 0.6 is 0 Å². The number of aliphatic hydroxyl groups is 2. The summed E-state index contributed by atoms with van der Waals surface area (Å²) in [5, 5.41) is 50.6. The van der Waals surface area contributed by atoms with Crippen LogP contribution in [0.2, 0.25) is 0 Å². The van der Waals surface area contributed by atoms with Gasteiger partial charge in [0.15, 0.2) is 0 Å². The molecular weight excluding hydrogens is 680 g/mol. The molecule has 0 fully saturated rings. The largest absolute Gasteiger partial charge is 0.481 e. The Morgan fingerprint density at radius 2 is 0.980 bits per heavy atom. The summed E-state index contributed by atoms with van der Waals surface area (Å²) in [7, 11) is 0. The van der Waals surface area contributed by atoms with Gasteiger partial charge >= 0.3 is 11.9 Å². The molecule has 0 heterocycles. The van der Waals surface area contributed by atoms with Crippen LogP contribution in [0, 0.1) is 11.8 Å². The zero-order chi connectivity index (χ0) is 39.6. The molecule has 0 unspecified atom stereocenters. The summed E-state index contributed by atoms with van der Waals surface area (Å²) in [6, 6.07) is -10.4. The van der Waals surface area contributed by atoms with Gasteiger partial charge in [0, 0.05) is 6.42 Å². The van der Waals surface area contributed by atoms with Crippen LogP contribution in [-0.4, -0.2) is 129 Å². The fourth-order valence-electron chi connectivity index (χ4n) is 4.42. The minimum atomic E-state index is -1.77. The van der Waals surface area contributed by atoms with Crippen LogP contribution in [0.1, 0.15) is 66.7 Å². The van der Waals surface area contributed by atoms with Crippen molar-refractivity contribution in [2.24, 2.45) is 23.3 Å². The van der Waals surface area contributed by atoms with Crippen molar-refractivity contribution in [1.29, 1.82) is 0 Å². The van der Waals surface area contributed by atoms with Crippen molar-refractivity contribution in [3.05, 3.63) is 0 Å². The smallest absolute Gasteiger partial charge is 0.328 e. The summed E-state index contributed by atoms with van der Waals surface area (Å²) in [6.07, 6.45) is -1.70. The van der Waals surface area contributed by atoms with Gasteiger partial charge < -0.3 is 63.8 Å². The lowest BCUT2D eigenvalue weighted by atomic mass is 10.0. The molecule has 0 saturated carbocycles. The van der Waals surface area contributed by atoms with Crippen LogP contribution in [0.4, 0.5) is 0 Å². The molecule has 0 aromatic heterocycles. The van der Waals surface area contributed by atoms with Crippen molar-refractivity contribution >= 4 is 53.3 Å². The van der Waals surface area contributed by atoms with Crippen molar-refractivity contribution in [3.63, 3.8) is 0 Å². The molecule has 0 saturated heterocycles. The Balaban J connectivity index is 5.95. The number of nitrogens with one attached hydrogen (secondary N) is 6. The number of aliphatic hydroxyl groups excluding tert-OH is 2. The second kappa shape index (κ2) is 22.8. The molecule has 0 aromatic rings. The highest BCUT2D eigenvalue weighted by molar-refractivity contribution is 5.98. The van der Waals surface area contributed by atoms with Crippen LogP contribution in [-0.2, 0) is 43.2 Å². The van der Waals surface area contributed by atoms with Gasteiger partial charge in [-0.05, 0) is 38.0 Å². The Bertz CT molecular complexity index is 1260. The van der Waals surface area contributed by atoms with Gasteiger partial charge in [-0.1, -0.05) is 27.7 Å². The van der Waals surface area contributed by atoms with Gasteiger partial charge in [0.25, 0.3) is 0 Å². The highest BCUT2D eigenvalue weighted by Crippen LogP contribution is 2.09. The summed E-state index contributed by atoms with van der Waals surface area (Å²) in [4.78, 5) is 112. The maximum absolute atomic E-state index is 13.3. The third-order valence-corrected chi connectivity index (χ3v) is 7.09. The van der Waals surface area contributed by atoms with Crippen molar-refractivity contribution in [2.75, 3.05) is 13.2 Å². The predicted octanol–water partition coefficient (Wildman–Crippen LogP) is -4.86. The molecule has 7 atom stereocenters. The van der Waals surface area contributed by atoms with Crippen molar-refractivity contribution in [2.45, 2.75) is 109 Å². The Kier molecular flexibility index (Phi) is 20.6. The molecule has 0 aliphatic rings. The van der Waals surface area contributed by atoms with Crippen molar-refractivity contribution < 1.29 is 63.6 Å². The van der Waals surface area contributed by atoms with E-state index in [4.69, 9.17) is 21.7 Å². The molecule has 0 aromatic carbocycles. The fraction of sp³-hybridized carbons (Fsp3) is 0.700. The number of hydrogen-bond acceptors (Lipinski definition) is 12. The third-order valence-electron chi connectivity index (χ3n) is 7.09. The van der Waals surface area contributed by atoms with E-state index in [9.17, 15) is 53.4 Å². The number of carboxylic acids is 2. The molecule has 0 aliphatic heterocycles. The van der Waals surface area contributed by atoms with E-state index in [1.54, 1.807) is 13.8 Å². The van der Waals surface area contributed by atoms with Crippen LogP contribution in [0.25, 0.3) is 0 Å². The number of nitrogens with two attached hydrogens (primary N) is 2. The molecule has 0 spiro atoms. The predicted molar refractivity (Wildman–Crippen MR) is 177 cm³/mol. The van der Waals surface area contributed by atoms with Gasteiger partial charge in [0.1, 0.15) is 36.3 Å². The topological polar surface area (TPSA) is 359 Å². The second-order valence-corrected chi connectivity index (χ2v) is 12.7. The zero-order valence-corrected chi connectivity index (χ0v) is 29.3. The Morgan fingerprint density at radius 3 is 1.45 bits per heavy atom. The number of hydrogen-bond donors (Lipinski definition) is 12. The number of primary amides is 1. The minimum absolute atomic E-state index is 0.0871. The number of carboxylic acid groups (broad SMARTS) is 2. The molecule has 51 heavy (non-hydrogen) atoms. The first-order chi connectivity index (χ1) is 23.6. The standard InChI is InChI=1S/C30H52N8O13/c1-13(2)8-16(31)25(45)33-15(5)24(44)37-20(11-39)29(49)36-19(10-22(32)41)28(48)35-18(9-14(3)4)27(47)34-17(6-7-23(42)43)26(46)38-21(12-40)30(50)51/h13-21,39-40H,6-12,31H2,1-5H3,(H2,32,41)(H,33,45)(H,34,47)(H,35,48)(H,36,49)(H,37,44)(H,38,46)(H,42,43)(H,50,51)/t15-,16-,17-,18-,19-,20-,21-/m0/s1. The van der Waals surface area contributed by atoms with E-state index < -0.39 is 128 Å². The number of rotatable bonds is 24. The average Bonchev–Trinajstić information content (AvgIpc) is 3.01. The van der Waals surface area contributed by atoms with Crippen molar-refractivity contribution in [1.82, 2.24) is 31.9 Å². The maximum Gasteiger partial charge on any atom is 0.328 e. The SMILES string of the molecule is CC(C)C[C@H](NC(=O)[C@H](CC(N)=O)NC(=O)[C@H](CO)NC(=O)[C@H](C)NC(=O)[C@@H](N)CC(C)C)C(=O)N[C@@H](CCC(=O)O)C(=O)N[C@@H](CO)C(=O)O. The molecule has 21 nitrogen and oxygen atoms in total. The molecule has 0 aliphatic carbocycles. The molecular formula is C30H52N8O13. The molecule has 0 bridgehead atoms. The Morgan fingerprint density at radius 1 is 0.549 bits per heavy atom. The van der Waals surface area contributed by atoms with Crippen LogP contribution < -0.4 is 43.4 Å². The lowest BCUT2D eigenvalue weighted by molar-refractivity contribution is -0.144. The number of aliphatic carboxylic acids is 2. The van der Waals surface area contributed by atoms with Gasteiger partial charge in [0.2, 0.25) is 41.4 Å². The summed E-state index contributed by atoms with van der Waals surface area (Å²) in [5.74, 6) is -10.2. The maximum atomic E-state index is 13.3. The van der Waals surface area contributed by atoms with Gasteiger partial charge in [-0.25, -0.2) is 4.79 Å². The second-order valence-electron chi connectivity index (χ2n) is 12.7. The molecule has 14 N–H and O–H groups in total. The number of carbonyl (C=O) groups is 9. The van der Waals surface area contributed by atoms with Crippen molar-refractivity contribution in [3.8, 4) is 0 Å². The highest BCUT2D eigenvalue weighted by Gasteiger charge is 2.34. The van der Waals surface area contributed by atoms with Crippen LogP contribution in [0.5, 0.6) is 0 Å². The average molecular weight is 733 g/mol. The van der Waals surface area contributed by atoms with Gasteiger partial charge in [-0.2, -0.15) is 0 Å². The lowest BCUT2D eigenvalue weighted by Crippen LogP contribution is -2.60. The molecule has 7 amide bonds. The highest BCUT2D eigenvalue weighted by atomic mass is 16.4. The third kappa shape index (κ3) is 18.1. The molecule has 0 radical (unpaired) electrons. The fourth-order valence-corrected chi connectivity index (χ4v) is 4.42. The Hall–Kier alpha value is -4.89. The zero-order valence-electron chi connectivity index (χ0n) is 29.3. The first-order valence-corrected chi connectivity index (χ1v) is 16.2. The van der Waals surface area contributed by atoms with E-state index in [1.807, 2.05) is 19.2 Å². The summed E-state index contributed by atoms with van der Waals surface area (Å²) in [5.41, 5.74) is 11.1. The van der Waals surface area contributed by atoms with Gasteiger partial charge in [0.05, 0.1) is 25.7 Å². The first-order valence-electron chi connectivity index (χ1n) is 16.2. The van der Waals surface area contributed by atoms with E-state index in [0.29, 0.717) is 6.42 Å².